The second kappa shape index (κ2) is 3.75. The Labute approximate surface area is 95.0 Å². The molecule has 1 aliphatic carbocycles. The average Bonchev–Trinajstić information content (AvgIpc) is 2.94. The number of rotatable bonds is 3. The van der Waals surface area contributed by atoms with Crippen molar-refractivity contribution in [3.63, 3.8) is 0 Å². The summed E-state index contributed by atoms with van der Waals surface area (Å²) in [6.45, 7) is 1.32. The number of nitrogens with zero attached hydrogens (tertiary/aromatic N) is 2. The van der Waals surface area contributed by atoms with E-state index in [1.165, 1.54) is 6.92 Å². The van der Waals surface area contributed by atoms with Crippen molar-refractivity contribution in [2.24, 2.45) is 0 Å². The monoisotopic (exact) mass is 248 g/mol. The first-order valence-electron chi connectivity index (χ1n) is 5.20. The molecule has 0 radical (unpaired) electrons. The predicted molar refractivity (Wildman–Crippen MR) is 51.6 cm³/mol. The minimum atomic E-state index is -4.53. The molecular weight excluding hydrogens is 237 g/mol. The molecule has 1 saturated carbocycles. The minimum absolute atomic E-state index is 0.0143. The van der Waals surface area contributed by atoms with E-state index in [4.69, 9.17) is 5.11 Å². The van der Waals surface area contributed by atoms with E-state index in [9.17, 15) is 18.0 Å². The van der Waals surface area contributed by atoms with Crippen LogP contribution in [0, 0.1) is 0 Å². The molecule has 7 heteroatoms. The summed E-state index contributed by atoms with van der Waals surface area (Å²) in [5.41, 5.74) is -0.653. The first kappa shape index (κ1) is 11.9. The van der Waals surface area contributed by atoms with Crippen LogP contribution in [0.5, 0.6) is 0 Å². The molecule has 1 fully saturated rings. The summed E-state index contributed by atoms with van der Waals surface area (Å²) in [4.78, 5) is 10.8. The number of hydrogen-bond donors (Lipinski definition) is 1. The number of carboxylic acid groups (broad SMARTS) is 1. The summed E-state index contributed by atoms with van der Waals surface area (Å²) in [7, 11) is 0. The number of aliphatic carboxylic acids is 1. The van der Waals surface area contributed by atoms with Crippen LogP contribution in [0.4, 0.5) is 13.2 Å². The minimum Gasteiger partial charge on any atom is -0.480 e. The maximum atomic E-state index is 12.5. The molecule has 0 aliphatic heterocycles. The molecule has 1 unspecified atom stereocenters. The van der Waals surface area contributed by atoms with Gasteiger partial charge in [-0.05, 0) is 25.8 Å². The van der Waals surface area contributed by atoms with Crippen LogP contribution in [0.2, 0.25) is 0 Å². The van der Waals surface area contributed by atoms with Crippen molar-refractivity contribution in [2.45, 2.75) is 37.9 Å². The fraction of sp³-hybridized carbons (Fsp3) is 0.600. The second-order valence-electron chi connectivity index (χ2n) is 4.19. The van der Waals surface area contributed by atoms with E-state index in [1.54, 1.807) is 0 Å². The van der Waals surface area contributed by atoms with Crippen LogP contribution in [-0.4, -0.2) is 20.9 Å². The largest absolute Gasteiger partial charge is 0.480 e. The van der Waals surface area contributed by atoms with Gasteiger partial charge in [0.25, 0.3) is 0 Å². The molecule has 1 aromatic heterocycles. The third-order valence-corrected chi connectivity index (χ3v) is 2.77. The Bertz CT molecular complexity index is 449. The molecule has 0 aromatic carbocycles. The Morgan fingerprint density at radius 2 is 2.18 bits per heavy atom. The highest BCUT2D eigenvalue weighted by Gasteiger charge is 2.39. The first-order valence-corrected chi connectivity index (χ1v) is 5.20. The highest BCUT2D eigenvalue weighted by molar-refractivity contribution is 5.71. The van der Waals surface area contributed by atoms with Crippen LogP contribution in [-0.2, 0) is 11.0 Å². The molecule has 0 saturated heterocycles. The van der Waals surface area contributed by atoms with Gasteiger partial charge in [-0.2, -0.15) is 18.3 Å². The molecule has 1 atom stereocenters. The molecule has 0 amide bonds. The predicted octanol–water partition coefficient (Wildman–Crippen LogP) is 2.42. The highest BCUT2D eigenvalue weighted by atomic mass is 19.4. The fourth-order valence-electron chi connectivity index (χ4n) is 1.65. The summed E-state index contributed by atoms with van der Waals surface area (Å²) >= 11 is 0. The van der Waals surface area contributed by atoms with Crippen molar-refractivity contribution >= 4 is 5.97 Å². The quantitative estimate of drug-likeness (QED) is 0.893. The van der Waals surface area contributed by atoms with Gasteiger partial charge in [0, 0.05) is 11.6 Å². The maximum absolute atomic E-state index is 12.5. The molecule has 1 aliphatic rings. The normalized spacial score (nSPS) is 18.1. The van der Waals surface area contributed by atoms with Gasteiger partial charge < -0.3 is 5.11 Å². The lowest BCUT2D eigenvalue weighted by molar-refractivity contribution is -0.144. The lowest BCUT2D eigenvalue weighted by atomic mass is 10.2. The van der Waals surface area contributed by atoms with Crippen molar-refractivity contribution in [1.29, 1.82) is 0 Å². The molecule has 0 bridgehead atoms. The second-order valence-corrected chi connectivity index (χ2v) is 4.19. The van der Waals surface area contributed by atoms with Crippen molar-refractivity contribution in [2.75, 3.05) is 0 Å². The Morgan fingerprint density at radius 1 is 1.59 bits per heavy atom. The Hall–Kier alpha value is -1.53. The van der Waals surface area contributed by atoms with Gasteiger partial charge in [0.1, 0.15) is 6.04 Å². The first-order chi connectivity index (χ1) is 7.80. The van der Waals surface area contributed by atoms with Gasteiger partial charge in [-0.15, -0.1) is 0 Å². The number of carbonyl (C=O) groups is 1. The van der Waals surface area contributed by atoms with Gasteiger partial charge >= 0.3 is 12.1 Å². The fourth-order valence-corrected chi connectivity index (χ4v) is 1.65. The van der Waals surface area contributed by atoms with Gasteiger partial charge in [-0.25, -0.2) is 4.79 Å². The van der Waals surface area contributed by atoms with Gasteiger partial charge in [0.2, 0.25) is 0 Å². The number of halogens is 3. The van der Waals surface area contributed by atoms with E-state index < -0.39 is 23.9 Å². The number of hydrogen-bond acceptors (Lipinski definition) is 2. The van der Waals surface area contributed by atoms with Crippen LogP contribution in [0.3, 0.4) is 0 Å². The standard InChI is InChI=1S/C10H11F3N2O2/c1-5(9(16)17)15-7(6-2-3-6)4-8(14-15)10(11,12)13/h4-6H,2-3H2,1H3,(H,16,17). The molecule has 94 valence electrons. The lowest BCUT2D eigenvalue weighted by Gasteiger charge is -2.10. The van der Waals surface area contributed by atoms with E-state index in [0.717, 1.165) is 23.6 Å². The zero-order valence-corrected chi connectivity index (χ0v) is 9.03. The highest BCUT2D eigenvalue weighted by Crippen LogP contribution is 2.42. The SMILES string of the molecule is CC(C(=O)O)n1nc(C(F)(F)F)cc1C1CC1. The Kier molecular flexibility index (Phi) is 2.63. The molecule has 1 N–H and O–H groups in total. The summed E-state index contributed by atoms with van der Waals surface area (Å²) in [5.74, 6) is -1.18. The van der Waals surface area contributed by atoms with Crippen LogP contribution in [0.15, 0.2) is 6.07 Å². The van der Waals surface area contributed by atoms with Crippen LogP contribution in [0.1, 0.15) is 43.1 Å². The zero-order chi connectivity index (χ0) is 12.8. The Balaban J connectivity index is 2.42. The van der Waals surface area contributed by atoms with Crippen molar-refractivity contribution in [1.82, 2.24) is 9.78 Å². The molecule has 1 heterocycles. The summed E-state index contributed by atoms with van der Waals surface area (Å²) in [6.07, 6.45) is -2.96. The van der Waals surface area contributed by atoms with Gasteiger partial charge in [-0.3, -0.25) is 4.68 Å². The van der Waals surface area contributed by atoms with E-state index in [2.05, 4.69) is 5.10 Å². The van der Waals surface area contributed by atoms with E-state index in [0.29, 0.717) is 5.69 Å². The number of carboxylic acids is 1. The number of alkyl halides is 3. The average molecular weight is 248 g/mol. The molecule has 17 heavy (non-hydrogen) atoms. The van der Waals surface area contributed by atoms with Crippen LogP contribution < -0.4 is 0 Å². The molecular formula is C10H11F3N2O2. The van der Waals surface area contributed by atoms with E-state index in [-0.39, 0.29) is 5.92 Å². The van der Waals surface area contributed by atoms with E-state index >= 15 is 0 Å². The van der Waals surface area contributed by atoms with Gasteiger partial charge in [0.05, 0.1) is 0 Å². The van der Waals surface area contributed by atoms with Crippen LogP contribution in [0.25, 0.3) is 0 Å². The van der Waals surface area contributed by atoms with Crippen LogP contribution >= 0.6 is 0 Å². The van der Waals surface area contributed by atoms with Gasteiger partial charge in [0.15, 0.2) is 5.69 Å². The molecule has 2 rings (SSSR count). The van der Waals surface area contributed by atoms with Gasteiger partial charge in [-0.1, -0.05) is 0 Å². The maximum Gasteiger partial charge on any atom is 0.435 e. The van der Waals surface area contributed by atoms with Crippen molar-refractivity contribution in [3.05, 3.63) is 17.5 Å². The third-order valence-electron chi connectivity index (χ3n) is 2.77. The van der Waals surface area contributed by atoms with Crippen molar-refractivity contribution in [3.8, 4) is 0 Å². The third kappa shape index (κ3) is 2.27. The lowest BCUT2D eigenvalue weighted by Crippen LogP contribution is -2.19. The summed E-state index contributed by atoms with van der Waals surface area (Å²) < 4.78 is 38.5. The topological polar surface area (TPSA) is 55.1 Å². The molecule has 0 spiro atoms. The number of aromatic nitrogens is 2. The van der Waals surface area contributed by atoms with E-state index in [1.807, 2.05) is 0 Å². The van der Waals surface area contributed by atoms with Crippen molar-refractivity contribution < 1.29 is 23.1 Å². The summed E-state index contributed by atoms with van der Waals surface area (Å²) in [6, 6.07) is -0.126. The molecule has 4 nitrogen and oxygen atoms in total. The summed E-state index contributed by atoms with van der Waals surface area (Å²) in [5, 5.41) is 12.2. The Morgan fingerprint density at radius 3 is 2.59 bits per heavy atom. The molecule has 1 aromatic rings. The zero-order valence-electron chi connectivity index (χ0n) is 9.03. The smallest absolute Gasteiger partial charge is 0.435 e.